The molecule has 0 radical (unpaired) electrons. The van der Waals surface area contributed by atoms with Gasteiger partial charge in [0.2, 0.25) is 15.9 Å². The predicted octanol–water partition coefficient (Wildman–Crippen LogP) is 3.95. The second-order valence-corrected chi connectivity index (χ2v) is 11.6. The fourth-order valence-electron chi connectivity index (χ4n) is 3.00. The number of hydrogen-bond acceptors (Lipinski definition) is 5. The fourth-order valence-corrected chi connectivity index (χ4v) is 4.86. The molecular formula is C22H24FN3O5S2. The van der Waals surface area contributed by atoms with Crippen molar-refractivity contribution in [2.45, 2.75) is 18.7 Å². The van der Waals surface area contributed by atoms with E-state index in [0.29, 0.717) is 16.5 Å². The number of carbonyl (C=O) groups excluding carboxylic acids is 1. The van der Waals surface area contributed by atoms with Gasteiger partial charge in [-0.05, 0) is 50.2 Å². The van der Waals surface area contributed by atoms with Crippen LogP contribution in [0.2, 0.25) is 0 Å². The maximum Gasteiger partial charge on any atom is 0.262 e. The van der Waals surface area contributed by atoms with Crippen molar-refractivity contribution in [3.05, 3.63) is 60.7 Å². The summed E-state index contributed by atoms with van der Waals surface area (Å²) in [6.07, 6.45) is 1.01. The van der Waals surface area contributed by atoms with Crippen molar-refractivity contribution in [1.82, 2.24) is 0 Å². The van der Waals surface area contributed by atoms with Crippen LogP contribution in [0.5, 0.6) is 0 Å². The monoisotopic (exact) mass is 493 g/mol. The van der Waals surface area contributed by atoms with Crippen LogP contribution < -0.4 is 14.8 Å². The van der Waals surface area contributed by atoms with E-state index in [-0.39, 0.29) is 16.3 Å². The molecule has 3 aromatic carbocycles. The van der Waals surface area contributed by atoms with Crippen LogP contribution in [0.4, 0.5) is 21.5 Å². The number of fused-ring (bicyclic) bond motifs is 1. The van der Waals surface area contributed by atoms with Crippen LogP contribution in [0.15, 0.2) is 65.6 Å². The summed E-state index contributed by atoms with van der Waals surface area (Å²) in [5, 5.41) is 3.37. The number of anilines is 3. The lowest BCUT2D eigenvalue weighted by atomic mass is 9.94. The molecule has 3 aromatic rings. The molecule has 0 saturated carbocycles. The molecular weight excluding hydrogens is 469 g/mol. The van der Waals surface area contributed by atoms with Crippen LogP contribution in [0.3, 0.4) is 0 Å². The van der Waals surface area contributed by atoms with Gasteiger partial charge in [-0.2, -0.15) is 0 Å². The van der Waals surface area contributed by atoms with Gasteiger partial charge in [0.05, 0.1) is 22.3 Å². The average Bonchev–Trinajstić information content (AvgIpc) is 2.73. The molecule has 3 rings (SSSR count). The summed E-state index contributed by atoms with van der Waals surface area (Å²) in [4.78, 5) is 12.1. The molecule has 0 unspecified atom stereocenters. The number of sulfonamides is 2. The van der Waals surface area contributed by atoms with Crippen molar-refractivity contribution in [2.24, 2.45) is 5.41 Å². The molecule has 33 heavy (non-hydrogen) atoms. The molecule has 0 aromatic heterocycles. The first-order valence-corrected chi connectivity index (χ1v) is 13.2. The largest absolute Gasteiger partial charge is 0.326 e. The molecule has 0 aliphatic heterocycles. The Hall–Kier alpha value is -3.18. The van der Waals surface area contributed by atoms with Gasteiger partial charge < -0.3 is 5.32 Å². The van der Waals surface area contributed by atoms with Gasteiger partial charge >= 0.3 is 0 Å². The maximum absolute atomic E-state index is 13.1. The Morgan fingerprint density at radius 1 is 0.848 bits per heavy atom. The molecule has 0 aliphatic rings. The number of alkyl halides is 1. The first kappa shape index (κ1) is 24.5. The summed E-state index contributed by atoms with van der Waals surface area (Å²) in [5.41, 5.74) is -0.269. The van der Waals surface area contributed by atoms with Crippen molar-refractivity contribution < 1.29 is 26.0 Å². The quantitative estimate of drug-likeness (QED) is 0.439. The SMILES string of the molecule is CC(C)(CF)C(=O)Nc1ccc(NS(=O)(=O)c2cccc3c(NS(C)(=O)=O)cccc23)cc1. The number of amides is 1. The second kappa shape index (κ2) is 8.99. The van der Waals surface area contributed by atoms with Gasteiger partial charge in [-0.25, -0.2) is 21.2 Å². The highest BCUT2D eigenvalue weighted by atomic mass is 32.2. The molecule has 0 atom stereocenters. The minimum atomic E-state index is -4.03. The van der Waals surface area contributed by atoms with Crippen LogP contribution in [0, 0.1) is 5.41 Å². The van der Waals surface area contributed by atoms with Gasteiger partial charge in [0.1, 0.15) is 6.67 Å². The highest BCUT2D eigenvalue weighted by Gasteiger charge is 2.27. The summed E-state index contributed by atoms with van der Waals surface area (Å²) < 4.78 is 67.3. The van der Waals surface area contributed by atoms with Gasteiger partial charge in [-0.1, -0.05) is 24.3 Å². The van der Waals surface area contributed by atoms with Crippen LogP contribution in [-0.2, 0) is 24.8 Å². The minimum Gasteiger partial charge on any atom is -0.326 e. The Kier molecular flexibility index (Phi) is 6.66. The molecule has 1 amide bonds. The van der Waals surface area contributed by atoms with Gasteiger partial charge in [0, 0.05) is 22.1 Å². The summed E-state index contributed by atoms with van der Waals surface area (Å²) >= 11 is 0. The first-order valence-electron chi connectivity index (χ1n) is 9.82. The fraction of sp³-hybridized carbons (Fsp3) is 0.227. The lowest BCUT2D eigenvalue weighted by Crippen LogP contribution is -2.32. The van der Waals surface area contributed by atoms with Crippen molar-refractivity contribution in [3.63, 3.8) is 0 Å². The Labute approximate surface area is 192 Å². The lowest BCUT2D eigenvalue weighted by molar-refractivity contribution is -0.124. The van der Waals surface area contributed by atoms with Crippen molar-refractivity contribution in [3.8, 4) is 0 Å². The average molecular weight is 494 g/mol. The Morgan fingerprint density at radius 3 is 2.03 bits per heavy atom. The molecule has 0 aliphatic carbocycles. The highest BCUT2D eigenvalue weighted by molar-refractivity contribution is 7.93. The van der Waals surface area contributed by atoms with E-state index in [1.54, 1.807) is 24.3 Å². The van der Waals surface area contributed by atoms with Crippen LogP contribution in [0.25, 0.3) is 10.8 Å². The van der Waals surface area contributed by atoms with Gasteiger partial charge in [-0.15, -0.1) is 0 Å². The smallest absolute Gasteiger partial charge is 0.262 e. The zero-order valence-electron chi connectivity index (χ0n) is 18.2. The maximum atomic E-state index is 13.1. The molecule has 8 nitrogen and oxygen atoms in total. The molecule has 0 fully saturated rings. The van der Waals surface area contributed by atoms with Crippen LogP contribution in [0.1, 0.15) is 13.8 Å². The van der Waals surface area contributed by atoms with E-state index in [2.05, 4.69) is 14.8 Å². The Morgan fingerprint density at radius 2 is 1.42 bits per heavy atom. The molecule has 0 heterocycles. The van der Waals surface area contributed by atoms with Gasteiger partial charge in [-0.3, -0.25) is 14.2 Å². The van der Waals surface area contributed by atoms with Crippen LogP contribution >= 0.6 is 0 Å². The van der Waals surface area contributed by atoms with Crippen molar-refractivity contribution in [1.29, 1.82) is 0 Å². The third kappa shape index (κ3) is 5.79. The number of benzene rings is 3. The molecule has 11 heteroatoms. The minimum absolute atomic E-state index is 0.0285. The molecule has 0 saturated heterocycles. The molecule has 0 bridgehead atoms. The zero-order valence-corrected chi connectivity index (χ0v) is 19.8. The zero-order chi connectivity index (χ0) is 24.4. The molecule has 0 spiro atoms. The van der Waals surface area contributed by atoms with E-state index in [1.165, 1.54) is 50.2 Å². The number of rotatable bonds is 8. The van der Waals surface area contributed by atoms with Gasteiger partial charge in [0.25, 0.3) is 10.0 Å². The number of halogens is 1. The second-order valence-electron chi connectivity index (χ2n) is 8.19. The van der Waals surface area contributed by atoms with E-state index < -0.39 is 38.0 Å². The van der Waals surface area contributed by atoms with Crippen molar-refractivity contribution in [2.75, 3.05) is 27.7 Å². The van der Waals surface area contributed by atoms with Crippen molar-refractivity contribution >= 4 is 53.8 Å². The highest BCUT2D eigenvalue weighted by Crippen LogP contribution is 2.30. The molecule has 3 N–H and O–H groups in total. The normalized spacial score (nSPS) is 12.4. The third-order valence-electron chi connectivity index (χ3n) is 4.81. The van der Waals surface area contributed by atoms with E-state index in [1.807, 2.05) is 0 Å². The van der Waals surface area contributed by atoms with Gasteiger partial charge in [0.15, 0.2) is 0 Å². The Bertz CT molecular complexity index is 1400. The van der Waals surface area contributed by atoms with E-state index in [9.17, 15) is 26.0 Å². The standard InChI is InChI=1S/C22H24FN3O5S2/c1-22(2,14-23)21(27)24-15-10-12-16(13-11-15)25-33(30,31)20-9-5-6-17-18(20)7-4-8-19(17)26-32(3,28)29/h4-13,25-26H,14H2,1-3H3,(H,24,27). The molecule has 176 valence electrons. The summed E-state index contributed by atoms with van der Waals surface area (Å²) in [5.74, 6) is -0.493. The van der Waals surface area contributed by atoms with Crippen LogP contribution in [-0.4, -0.2) is 35.7 Å². The lowest BCUT2D eigenvalue weighted by Gasteiger charge is -2.19. The Balaban J connectivity index is 1.88. The first-order chi connectivity index (χ1) is 15.3. The number of hydrogen-bond donors (Lipinski definition) is 3. The summed E-state index contributed by atoms with van der Waals surface area (Å²) in [6, 6.07) is 15.2. The van der Waals surface area contributed by atoms with E-state index in [0.717, 1.165) is 6.26 Å². The summed E-state index contributed by atoms with van der Waals surface area (Å²) in [7, 11) is -7.58. The summed E-state index contributed by atoms with van der Waals surface area (Å²) in [6.45, 7) is 2.14. The third-order valence-corrected chi connectivity index (χ3v) is 6.84. The topological polar surface area (TPSA) is 121 Å². The number of nitrogens with one attached hydrogen (secondary N) is 3. The van der Waals surface area contributed by atoms with E-state index >= 15 is 0 Å². The number of carbonyl (C=O) groups is 1. The predicted molar refractivity (Wildman–Crippen MR) is 128 cm³/mol. The van der Waals surface area contributed by atoms with E-state index in [4.69, 9.17) is 0 Å².